The molecule has 1 N–H and O–H groups in total. The minimum atomic E-state index is 0.169. The van der Waals surface area contributed by atoms with Crippen LogP contribution >= 0.6 is 11.6 Å². The van der Waals surface area contributed by atoms with Crippen LogP contribution in [0.5, 0.6) is 0 Å². The van der Waals surface area contributed by atoms with Crippen LogP contribution in [0.2, 0.25) is 5.28 Å². The van der Waals surface area contributed by atoms with Crippen LogP contribution in [0.15, 0.2) is 35.6 Å². The van der Waals surface area contributed by atoms with Crippen LogP contribution in [0.1, 0.15) is 5.56 Å². The van der Waals surface area contributed by atoms with Crippen LogP contribution in [0, 0.1) is 11.8 Å². The second kappa shape index (κ2) is 4.88. The van der Waals surface area contributed by atoms with Gasteiger partial charge in [0.05, 0.1) is 0 Å². The number of nitrogens with one attached hydrogen (secondary N) is 1. The first-order valence-electron chi connectivity index (χ1n) is 4.88. The minimum absolute atomic E-state index is 0.169. The fourth-order valence-corrected chi connectivity index (χ4v) is 1.46. The van der Waals surface area contributed by atoms with E-state index in [9.17, 15) is 4.91 Å². The highest BCUT2D eigenvalue weighted by atomic mass is 35.5. The van der Waals surface area contributed by atoms with Crippen LogP contribution in [0.3, 0.4) is 0 Å². The van der Waals surface area contributed by atoms with E-state index < -0.39 is 0 Å². The predicted octanol–water partition coefficient (Wildman–Crippen LogP) is 3.58. The van der Waals surface area contributed by atoms with Crippen molar-refractivity contribution in [2.75, 3.05) is 5.32 Å². The summed E-state index contributed by atoms with van der Waals surface area (Å²) in [5.41, 5.74) is 1.94. The Morgan fingerprint density at radius 2 is 2.24 bits per heavy atom. The summed E-state index contributed by atoms with van der Waals surface area (Å²) < 4.78 is 0. The molecule has 0 aliphatic carbocycles. The SMILES string of the molecule is Cc1cnc(Cl)nc1Nc1cccc(N=O)c1. The number of benzene rings is 1. The van der Waals surface area contributed by atoms with Crippen molar-refractivity contribution in [3.63, 3.8) is 0 Å². The normalized spacial score (nSPS) is 10.0. The van der Waals surface area contributed by atoms with Crippen LogP contribution in [-0.4, -0.2) is 9.97 Å². The first kappa shape index (κ1) is 11.5. The second-order valence-electron chi connectivity index (χ2n) is 3.44. The molecule has 2 rings (SSSR count). The lowest BCUT2D eigenvalue weighted by Crippen LogP contribution is -1.97. The van der Waals surface area contributed by atoms with Gasteiger partial charge in [-0.1, -0.05) is 6.07 Å². The highest BCUT2D eigenvalue weighted by molar-refractivity contribution is 6.28. The molecule has 0 saturated carbocycles. The van der Waals surface area contributed by atoms with Crippen molar-refractivity contribution in [3.8, 4) is 0 Å². The Kier molecular flexibility index (Phi) is 3.30. The number of rotatable bonds is 3. The van der Waals surface area contributed by atoms with Crippen molar-refractivity contribution < 1.29 is 0 Å². The number of hydrogen-bond donors (Lipinski definition) is 1. The summed E-state index contributed by atoms with van der Waals surface area (Å²) in [6.45, 7) is 1.86. The van der Waals surface area contributed by atoms with Gasteiger partial charge in [-0.05, 0) is 41.9 Å². The lowest BCUT2D eigenvalue weighted by molar-refractivity contribution is 1.13. The van der Waals surface area contributed by atoms with E-state index in [-0.39, 0.29) is 5.28 Å². The van der Waals surface area contributed by atoms with Gasteiger partial charge in [0.2, 0.25) is 5.28 Å². The standard InChI is InChI=1S/C11H9ClN4O/c1-7-6-13-11(12)15-10(7)14-8-3-2-4-9(5-8)16-17/h2-6H,1H3,(H,13,14,15). The number of halogens is 1. The zero-order chi connectivity index (χ0) is 12.3. The fourth-order valence-electron chi connectivity index (χ4n) is 1.32. The summed E-state index contributed by atoms with van der Waals surface area (Å²) >= 11 is 5.71. The average molecular weight is 249 g/mol. The van der Waals surface area contributed by atoms with E-state index >= 15 is 0 Å². The summed E-state index contributed by atoms with van der Waals surface area (Å²) in [5.74, 6) is 0.605. The number of aryl methyl sites for hydroxylation is 1. The molecular formula is C11H9ClN4O. The molecule has 1 aromatic heterocycles. The van der Waals surface area contributed by atoms with Gasteiger partial charge in [-0.3, -0.25) is 0 Å². The van der Waals surface area contributed by atoms with Gasteiger partial charge in [0, 0.05) is 17.4 Å². The Labute approximate surface area is 103 Å². The summed E-state index contributed by atoms with van der Waals surface area (Å²) in [6, 6.07) is 6.79. The Bertz CT molecular complexity index is 559. The highest BCUT2D eigenvalue weighted by Crippen LogP contribution is 2.22. The first-order valence-corrected chi connectivity index (χ1v) is 5.26. The monoisotopic (exact) mass is 248 g/mol. The first-order chi connectivity index (χ1) is 8.19. The van der Waals surface area contributed by atoms with Crippen LogP contribution in [0.25, 0.3) is 0 Å². The van der Waals surface area contributed by atoms with Crippen molar-refractivity contribution in [2.45, 2.75) is 6.92 Å². The topological polar surface area (TPSA) is 67.2 Å². The molecule has 86 valence electrons. The van der Waals surface area contributed by atoms with Crippen molar-refractivity contribution >= 4 is 28.8 Å². The summed E-state index contributed by atoms with van der Waals surface area (Å²) in [5, 5.41) is 6.09. The third kappa shape index (κ3) is 2.76. The van der Waals surface area contributed by atoms with Gasteiger partial charge in [0.25, 0.3) is 0 Å². The zero-order valence-corrected chi connectivity index (χ0v) is 9.77. The number of nitroso groups, excluding NO2 is 1. The Morgan fingerprint density at radius 3 is 3.00 bits per heavy atom. The van der Waals surface area contributed by atoms with E-state index in [1.165, 1.54) is 0 Å². The third-order valence-electron chi connectivity index (χ3n) is 2.16. The van der Waals surface area contributed by atoms with Gasteiger partial charge < -0.3 is 5.32 Å². The lowest BCUT2D eigenvalue weighted by atomic mass is 10.2. The van der Waals surface area contributed by atoms with Gasteiger partial charge in [-0.25, -0.2) is 9.97 Å². The second-order valence-corrected chi connectivity index (χ2v) is 3.78. The van der Waals surface area contributed by atoms with Crippen molar-refractivity contribution in [1.82, 2.24) is 9.97 Å². The third-order valence-corrected chi connectivity index (χ3v) is 2.34. The molecule has 5 nitrogen and oxygen atoms in total. The molecule has 0 aliphatic rings. The Morgan fingerprint density at radius 1 is 1.41 bits per heavy atom. The Balaban J connectivity index is 2.30. The maximum absolute atomic E-state index is 10.4. The van der Waals surface area contributed by atoms with E-state index in [1.807, 2.05) is 13.0 Å². The smallest absolute Gasteiger partial charge is 0.224 e. The molecule has 0 bridgehead atoms. The molecule has 17 heavy (non-hydrogen) atoms. The minimum Gasteiger partial charge on any atom is -0.340 e. The summed E-state index contributed by atoms with van der Waals surface area (Å²) in [4.78, 5) is 18.3. The van der Waals surface area contributed by atoms with E-state index in [0.29, 0.717) is 11.5 Å². The molecule has 0 aliphatic heterocycles. The van der Waals surface area contributed by atoms with E-state index in [2.05, 4.69) is 20.5 Å². The molecule has 0 atom stereocenters. The van der Waals surface area contributed by atoms with Crippen LogP contribution in [0.4, 0.5) is 17.2 Å². The maximum atomic E-state index is 10.4. The van der Waals surface area contributed by atoms with Crippen molar-refractivity contribution in [3.05, 3.63) is 46.2 Å². The number of hydrogen-bond acceptors (Lipinski definition) is 5. The van der Waals surface area contributed by atoms with Gasteiger partial charge in [-0.2, -0.15) is 0 Å². The molecule has 0 radical (unpaired) electrons. The highest BCUT2D eigenvalue weighted by Gasteiger charge is 2.03. The van der Waals surface area contributed by atoms with Crippen LogP contribution in [-0.2, 0) is 0 Å². The fraction of sp³-hybridized carbons (Fsp3) is 0.0909. The van der Waals surface area contributed by atoms with Gasteiger partial charge in [0.15, 0.2) is 0 Å². The van der Waals surface area contributed by atoms with Gasteiger partial charge >= 0.3 is 0 Å². The summed E-state index contributed by atoms with van der Waals surface area (Å²) in [7, 11) is 0. The van der Waals surface area contributed by atoms with Gasteiger partial charge in [0.1, 0.15) is 11.5 Å². The molecule has 0 fully saturated rings. The molecule has 2 aromatic rings. The average Bonchev–Trinajstić information content (AvgIpc) is 2.34. The predicted molar refractivity (Wildman–Crippen MR) is 67.0 cm³/mol. The lowest BCUT2D eigenvalue weighted by Gasteiger charge is -2.08. The molecule has 0 unspecified atom stereocenters. The van der Waals surface area contributed by atoms with Crippen molar-refractivity contribution in [1.29, 1.82) is 0 Å². The van der Waals surface area contributed by atoms with E-state index in [0.717, 1.165) is 11.3 Å². The van der Waals surface area contributed by atoms with Gasteiger partial charge in [-0.15, -0.1) is 4.91 Å². The van der Waals surface area contributed by atoms with Crippen LogP contribution < -0.4 is 5.32 Å². The quantitative estimate of drug-likeness (QED) is 0.666. The number of anilines is 2. The molecular weight excluding hydrogens is 240 g/mol. The number of aromatic nitrogens is 2. The molecule has 0 amide bonds. The Hall–Kier alpha value is -2.01. The maximum Gasteiger partial charge on any atom is 0.224 e. The zero-order valence-electron chi connectivity index (χ0n) is 9.01. The largest absolute Gasteiger partial charge is 0.340 e. The molecule has 1 heterocycles. The summed E-state index contributed by atoms with van der Waals surface area (Å²) in [6.07, 6.45) is 1.62. The molecule has 1 aromatic carbocycles. The number of nitrogens with zero attached hydrogens (tertiary/aromatic N) is 3. The molecule has 6 heteroatoms. The van der Waals surface area contributed by atoms with Crippen molar-refractivity contribution in [2.24, 2.45) is 5.18 Å². The van der Waals surface area contributed by atoms with E-state index in [1.54, 1.807) is 24.4 Å². The molecule has 0 spiro atoms. The van der Waals surface area contributed by atoms with E-state index in [4.69, 9.17) is 11.6 Å². The molecule has 0 saturated heterocycles.